The Balaban J connectivity index is 2.53. The number of halogens is 1. The molecule has 1 rings (SSSR count). The van der Waals surface area contributed by atoms with E-state index in [0.717, 1.165) is 31.4 Å². The maximum atomic E-state index is 12.8. The van der Waals surface area contributed by atoms with Crippen molar-refractivity contribution in [3.63, 3.8) is 0 Å². The molecule has 1 unspecified atom stereocenters. The maximum absolute atomic E-state index is 12.8. The first-order valence-electron chi connectivity index (χ1n) is 6.77. The monoisotopic (exact) mass is 267 g/mol. The Bertz CT molecular complexity index is 378. The highest BCUT2D eigenvalue weighted by molar-refractivity contribution is 5.79. The van der Waals surface area contributed by atoms with Crippen LogP contribution in [0.4, 0.5) is 10.1 Å². The third-order valence-corrected chi connectivity index (χ3v) is 3.02. The van der Waals surface area contributed by atoms with E-state index in [-0.39, 0.29) is 17.8 Å². The number of benzene rings is 1. The summed E-state index contributed by atoms with van der Waals surface area (Å²) in [6.07, 6.45) is 5.14. The molecule has 0 amide bonds. The topological polar surface area (TPSA) is 38.3 Å². The van der Waals surface area contributed by atoms with E-state index < -0.39 is 0 Å². The molecular weight excluding hydrogens is 245 g/mol. The third-order valence-electron chi connectivity index (χ3n) is 3.02. The van der Waals surface area contributed by atoms with Crippen molar-refractivity contribution >= 4 is 11.7 Å². The van der Waals surface area contributed by atoms with Crippen LogP contribution < -0.4 is 5.32 Å². The number of hydrogen-bond acceptors (Lipinski definition) is 3. The summed E-state index contributed by atoms with van der Waals surface area (Å²) in [7, 11) is 1.38. The van der Waals surface area contributed by atoms with Crippen molar-refractivity contribution in [2.45, 2.75) is 45.1 Å². The zero-order valence-electron chi connectivity index (χ0n) is 11.6. The predicted molar refractivity (Wildman–Crippen MR) is 74.6 cm³/mol. The van der Waals surface area contributed by atoms with Crippen LogP contribution in [0.1, 0.15) is 39.0 Å². The Hall–Kier alpha value is -1.58. The molecule has 0 aliphatic heterocycles. The molecule has 0 aromatic heterocycles. The number of hydrogen-bond donors (Lipinski definition) is 1. The highest BCUT2D eigenvalue weighted by Crippen LogP contribution is 2.14. The number of ether oxygens (including phenoxy) is 1. The van der Waals surface area contributed by atoms with E-state index in [9.17, 15) is 9.18 Å². The van der Waals surface area contributed by atoms with Crippen LogP contribution in [0.3, 0.4) is 0 Å². The van der Waals surface area contributed by atoms with E-state index in [1.165, 1.54) is 25.7 Å². The van der Waals surface area contributed by atoms with Gasteiger partial charge in [0.25, 0.3) is 0 Å². The van der Waals surface area contributed by atoms with Gasteiger partial charge in [-0.25, -0.2) is 9.18 Å². The summed E-state index contributed by atoms with van der Waals surface area (Å²) < 4.78 is 17.6. The Kier molecular flexibility index (Phi) is 6.93. The second kappa shape index (κ2) is 8.51. The van der Waals surface area contributed by atoms with E-state index in [2.05, 4.69) is 12.2 Å². The van der Waals surface area contributed by atoms with Gasteiger partial charge in [0, 0.05) is 5.69 Å². The molecule has 0 heterocycles. The lowest BCUT2D eigenvalue weighted by Crippen LogP contribution is -2.30. The minimum Gasteiger partial charge on any atom is -0.467 e. The van der Waals surface area contributed by atoms with E-state index in [0.29, 0.717) is 0 Å². The van der Waals surface area contributed by atoms with E-state index in [1.807, 2.05) is 0 Å². The SMILES string of the molecule is CCCCCCC(Nc1ccc(F)cc1)C(=O)OC. The van der Waals surface area contributed by atoms with Gasteiger partial charge in [-0.3, -0.25) is 0 Å². The lowest BCUT2D eigenvalue weighted by atomic mass is 10.1. The quantitative estimate of drug-likeness (QED) is 0.576. The molecule has 1 N–H and O–H groups in total. The fourth-order valence-corrected chi connectivity index (χ4v) is 1.91. The molecule has 0 bridgehead atoms. The average Bonchev–Trinajstić information content (AvgIpc) is 2.43. The fraction of sp³-hybridized carbons (Fsp3) is 0.533. The summed E-state index contributed by atoms with van der Waals surface area (Å²) in [4.78, 5) is 11.7. The second-order valence-corrected chi connectivity index (χ2v) is 4.58. The summed E-state index contributed by atoms with van der Waals surface area (Å²) in [5.74, 6) is -0.566. The van der Waals surface area contributed by atoms with Crippen molar-refractivity contribution in [1.29, 1.82) is 0 Å². The molecular formula is C15H22FNO2. The first-order valence-corrected chi connectivity index (χ1v) is 6.77. The number of esters is 1. The molecule has 3 nitrogen and oxygen atoms in total. The zero-order chi connectivity index (χ0) is 14.1. The highest BCUT2D eigenvalue weighted by atomic mass is 19.1. The van der Waals surface area contributed by atoms with Crippen molar-refractivity contribution < 1.29 is 13.9 Å². The normalized spacial score (nSPS) is 11.9. The van der Waals surface area contributed by atoms with Crippen molar-refractivity contribution in [1.82, 2.24) is 0 Å². The van der Waals surface area contributed by atoms with Crippen LogP contribution in [0.5, 0.6) is 0 Å². The van der Waals surface area contributed by atoms with E-state index in [1.54, 1.807) is 12.1 Å². The van der Waals surface area contributed by atoms with Gasteiger partial charge >= 0.3 is 5.97 Å². The van der Waals surface area contributed by atoms with Crippen molar-refractivity contribution in [2.75, 3.05) is 12.4 Å². The van der Waals surface area contributed by atoms with Crippen LogP contribution in [-0.2, 0) is 9.53 Å². The number of carbonyl (C=O) groups is 1. The van der Waals surface area contributed by atoms with Gasteiger partial charge in [-0.1, -0.05) is 32.6 Å². The van der Waals surface area contributed by atoms with Crippen LogP contribution >= 0.6 is 0 Å². The van der Waals surface area contributed by atoms with Crippen LogP contribution in [0.25, 0.3) is 0 Å². The van der Waals surface area contributed by atoms with Crippen molar-refractivity contribution in [2.24, 2.45) is 0 Å². The first-order chi connectivity index (χ1) is 9.17. The molecule has 0 aliphatic rings. The van der Waals surface area contributed by atoms with Crippen LogP contribution in [0.15, 0.2) is 24.3 Å². The lowest BCUT2D eigenvalue weighted by molar-refractivity contribution is -0.141. The minimum absolute atomic E-state index is 0.277. The molecule has 19 heavy (non-hydrogen) atoms. The molecule has 0 saturated heterocycles. The molecule has 0 fully saturated rings. The van der Waals surface area contributed by atoms with Crippen molar-refractivity contribution in [3.05, 3.63) is 30.1 Å². The molecule has 1 atom stereocenters. The maximum Gasteiger partial charge on any atom is 0.328 e. The van der Waals surface area contributed by atoms with Gasteiger partial charge in [0.2, 0.25) is 0 Å². The number of carbonyl (C=O) groups excluding carboxylic acids is 1. The average molecular weight is 267 g/mol. The lowest BCUT2D eigenvalue weighted by Gasteiger charge is -2.17. The Morgan fingerprint density at radius 1 is 1.26 bits per heavy atom. The van der Waals surface area contributed by atoms with Gasteiger partial charge in [0.05, 0.1) is 7.11 Å². The van der Waals surface area contributed by atoms with Crippen LogP contribution in [-0.4, -0.2) is 19.1 Å². The number of methoxy groups -OCH3 is 1. The molecule has 1 aromatic rings. The summed E-state index contributed by atoms with van der Waals surface area (Å²) in [6, 6.07) is 5.61. The Labute approximate surface area is 114 Å². The predicted octanol–water partition coefficient (Wildman–Crippen LogP) is 3.75. The molecule has 0 aliphatic carbocycles. The summed E-state index contributed by atoms with van der Waals surface area (Å²) in [5, 5.41) is 3.09. The molecule has 0 radical (unpaired) electrons. The number of rotatable bonds is 8. The molecule has 0 saturated carbocycles. The van der Waals surface area contributed by atoms with Gasteiger partial charge < -0.3 is 10.1 Å². The van der Waals surface area contributed by atoms with Gasteiger partial charge in [-0.05, 0) is 30.7 Å². The smallest absolute Gasteiger partial charge is 0.328 e. The highest BCUT2D eigenvalue weighted by Gasteiger charge is 2.18. The Morgan fingerprint density at radius 3 is 2.53 bits per heavy atom. The number of anilines is 1. The van der Waals surface area contributed by atoms with Crippen LogP contribution in [0.2, 0.25) is 0 Å². The second-order valence-electron chi connectivity index (χ2n) is 4.58. The van der Waals surface area contributed by atoms with Gasteiger partial charge in [0.15, 0.2) is 0 Å². The third kappa shape index (κ3) is 5.73. The van der Waals surface area contributed by atoms with Gasteiger partial charge in [0.1, 0.15) is 11.9 Å². The minimum atomic E-state index is -0.368. The fourth-order valence-electron chi connectivity index (χ4n) is 1.91. The summed E-state index contributed by atoms with van der Waals surface area (Å²) >= 11 is 0. The molecule has 1 aromatic carbocycles. The summed E-state index contributed by atoms with van der Waals surface area (Å²) in [5.41, 5.74) is 0.729. The molecule has 106 valence electrons. The summed E-state index contributed by atoms with van der Waals surface area (Å²) in [6.45, 7) is 2.15. The Morgan fingerprint density at radius 2 is 1.95 bits per heavy atom. The van der Waals surface area contributed by atoms with Gasteiger partial charge in [-0.15, -0.1) is 0 Å². The van der Waals surface area contributed by atoms with E-state index in [4.69, 9.17) is 4.74 Å². The zero-order valence-corrected chi connectivity index (χ0v) is 11.6. The van der Waals surface area contributed by atoms with Gasteiger partial charge in [-0.2, -0.15) is 0 Å². The largest absolute Gasteiger partial charge is 0.467 e. The van der Waals surface area contributed by atoms with Crippen LogP contribution in [0, 0.1) is 5.82 Å². The molecule has 0 spiro atoms. The van der Waals surface area contributed by atoms with Crippen molar-refractivity contribution in [3.8, 4) is 0 Å². The van der Waals surface area contributed by atoms with E-state index >= 15 is 0 Å². The molecule has 4 heteroatoms. The number of unbranched alkanes of at least 4 members (excludes halogenated alkanes) is 3. The number of nitrogens with one attached hydrogen (secondary N) is 1. The first kappa shape index (κ1) is 15.5. The standard InChI is InChI=1S/C15H22FNO2/c1-3-4-5-6-7-14(15(18)19-2)17-13-10-8-12(16)9-11-13/h8-11,14,17H,3-7H2,1-2H3.